The lowest BCUT2D eigenvalue weighted by molar-refractivity contribution is -0.133. The molecule has 0 unspecified atom stereocenters. The highest BCUT2D eigenvalue weighted by molar-refractivity contribution is 6.31. The van der Waals surface area contributed by atoms with E-state index in [-0.39, 0.29) is 18.4 Å². The van der Waals surface area contributed by atoms with Crippen LogP contribution in [0.15, 0.2) is 85.1 Å². The van der Waals surface area contributed by atoms with Gasteiger partial charge in [-0.2, -0.15) is 0 Å². The number of nitrogens with zero attached hydrogens (tertiary/aromatic N) is 3. The predicted octanol–water partition coefficient (Wildman–Crippen LogP) is 6.49. The van der Waals surface area contributed by atoms with Crippen molar-refractivity contribution in [1.29, 1.82) is 0 Å². The van der Waals surface area contributed by atoms with Crippen LogP contribution in [-0.4, -0.2) is 45.8 Å². The summed E-state index contributed by atoms with van der Waals surface area (Å²) in [5.41, 5.74) is 2.68. The molecule has 3 aromatic carbocycles. The Hall–Kier alpha value is -3.57. The standard InChI is InChI=1S/C31H34ClN3O2/c1-4-33(31(37)28-16-9-13-24-11-5-7-15-27(24)28)22-30(36)35(19-23(2)3)21-26-14-10-18-34(26)20-25-12-6-8-17-29(25)32/h5-18,23H,4,19-22H2,1-3H3. The third-order valence-electron chi connectivity index (χ3n) is 6.53. The number of hydrogen-bond acceptors (Lipinski definition) is 2. The number of fused-ring (bicyclic) bond motifs is 1. The molecular weight excluding hydrogens is 482 g/mol. The molecule has 0 aliphatic carbocycles. The largest absolute Gasteiger partial charge is 0.345 e. The van der Waals surface area contributed by atoms with Gasteiger partial charge in [-0.15, -0.1) is 0 Å². The molecule has 2 amide bonds. The van der Waals surface area contributed by atoms with Crippen molar-refractivity contribution >= 4 is 34.2 Å². The number of carbonyl (C=O) groups excluding carboxylic acids is 2. The van der Waals surface area contributed by atoms with Crippen molar-refractivity contribution in [2.45, 2.75) is 33.9 Å². The minimum atomic E-state index is -0.126. The summed E-state index contributed by atoms with van der Waals surface area (Å²) in [6.45, 7) is 8.31. The van der Waals surface area contributed by atoms with E-state index in [4.69, 9.17) is 11.6 Å². The van der Waals surface area contributed by atoms with Crippen LogP contribution in [0, 0.1) is 5.92 Å². The summed E-state index contributed by atoms with van der Waals surface area (Å²) in [7, 11) is 0. The van der Waals surface area contributed by atoms with Crippen LogP contribution in [-0.2, 0) is 17.9 Å². The van der Waals surface area contributed by atoms with Crippen molar-refractivity contribution in [1.82, 2.24) is 14.4 Å². The van der Waals surface area contributed by atoms with Crippen LogP contribution in [0.25, 0.3) is 10.8 Å². The lowest BCUT2D eigenvalue weighted by Crippen LogP contribution is -2.44. The molecule has 1 aromatic heterocycles. The quantitative estimate of drug-likeness (QED) is 0.242. The van der Waals surface area contributed by atoms with Gasteiger partial charge >= 0.3 is 0 Å². The topological polar surface area (TPSA) is 45.6 Å². The third kappa shape index (κ3) is 6.41. The molecule has 6 heteroatoms. The van der Waals surface area contributed by atoms with E-state index in [9.17, 15) is 9.59 Å². The smallest absolute Gasteiger partial charge is 0.254 e. The van der Waals surface area contributed by atoms with Gasteiger partial charge in [0.25, 0.3) is 5.91 Å². The van der Waals surface area contributed by atoms with Crippen LogP contribution in [0.3, 0.4) is 0 Å². The van der Waals surface area contributed by atoms with E-state index in [1.54, 1.807) is 4.90 Å². The Kier molecular flexibility index (Phi) is 8.67. The molecule has 0 saturated heterocycles. The lowest BCUT2D eigenvalue weighted by Gasteiger charge is -2.29. The van der Waals surface area contributed by atoms with E-state index >= 15 is 0 Å². The molecule has 0 N–H and O–H groups in total. The normalized spacial score (nSPS) is 11.2. The summed E-state index contributed by atoms with van der Waals surface area (Å²) < 4.78 is 2.13. The molecule has 1 heterocycles. The van der Waals surface area contributed by atoms with Crippen molar-refractivity contribution < 1.29 is 9.59 Å². The van der Waals surface area contributed by atoms with E-state index in [0.29, 0.717) is 37.7 Å². The summed E-state index contributed by atoms with van der Waals surface area (Å²) in [5.74, 6) is 0.105. The Labute approximate surface area is 224 Å². The Balaban J connectivity index is 1.52. The Morgan fingerprint density at radius 1 is 0.892 bits per heavy atom. The second-order valence-electron chi connectivity index (χ2n) is 9.73. The van der Waals surface area contributed by atoms with Gasteiger partial charge in [-0.1, -0.05) is 80.0 Å². The van der Waals surface area contributed by atoms with Gasteiger partial charge < -0.3 is 14.4 Å². The number of rotatable bonds is 10. The van der Waals surface area contributed by atoms with Gasteiger partial charge in [0.05, 0.1) is 6.54 Å². The first kappa shape index (κ1) is 26.5. The van der Waals surface area contributed by atoms with E-state index in [0.717, 1.165) is 27.1 Å². The molecule has 0 saturated carbocycles. The van der Waals surface area contributed by atoms with Gasteiger partial charge in [-0.3, -0.25) is 9.59 Å². The van der Waals surface area contributed by atoms with Gasteiger partial charge in [-0.25, -0.2) is 0 Å². The Morgan fingerprint density at radius 3 is 2.38 bits per heavy atom. The summed E-state index contributed by atoms with van der Waals surface area (Å²) in [6, 6.07) is 25.4. The van der Waals surface area contributed by atoms with Gasteiger partial charge in [-0.05, 0) is 53.4 Å². The fraction of sp³-hybridized carbons (Fsp3) is 0.290. The number of benzene rings is 3. The lowest BCUT2D eigenvalue weighted by atomic mass is 10.0. The Bertz CT molecular complexity index is 1370. The maximum absolute atomic E-state index is 13.6. The molecule has 0 atom stereocenters. The van der Waals surface area contributed by atoms with Gasteiger partial charge in [0.2, 0.25) is 5.91 Å². The van der Waals surface area contributed by atoms with E-state index in [2.05, 4.69) is 18.4 Å². The maximum Gasteiger partial charge on any atom is 0.254 e. The van der Waals surface area contributed by atoms with Crippen LogP contribution >= 0.6 is 11.6 Å². The zero-order valence-corrected chi connectivity index (χ0v) is 22.5. The van der Waals surface area contributed by atoms with Crippen LogP contribution in [0.1, 0.15) is 42.4 Å². The van der Waals surface area contributed by atoms with Gasteiger partial charge in [0.15, 0.2) is 0 Å². The molecule has 4 rings (SSSR count). The van der Waals surface area contributed by atoms with Crippen molar-refractivity contribution in [3.05, 3.63) is 107 Å². The fourth-order valence-electron chi connectivity index (χ4n) is 4.62. The molecular formula is C31H34ClN3O2. The molecule has 5 nitrogen and oxygen atoms in total. The van der Waals surface area contributed by atoms with Gasteiger partial charge in [0.1, 0.15) is 6.54 Å². The van der Waals surface area contributed by atoms with Gasteiger partial charge in [0, 0.05) is 42.1 Å². The summed E-state index contributed by atoms with van der Waals surface area (Å²) in [5, 5.41) is 2.64. The number of halogens is 1. The number of likely N-dealkylation sites (N-methyl/N-ethyl adjacent to an activating group) is 1. The van der Waals surface area contributed by atoms with Crippen molar-refractivity contribution in [2.24, 2.45) is 5.92 Å². The van der Waals surface area contributed by atoms with Crippen molar-refractivity contribution in [2.75, 3.05) is 19.6 Å². The fourth-order valence-corrected chi connectivity index (χ4v) is 4.82. The summed E-state index contributed by atoms with van der Waals surface area (Å²) in [6.07, 6.45) is 2.01. The highest BCUT2D eigenvalue weighted by Gasteiger charge is 2.24. The third-order valence-corrected chi connectivity index (χ3v) is 6.90. The molecule has 0 spiro atoms. The molecule has 0 radical (unpaired) electrons. The molecule has 0 aliphatic rings. The first-order chi connectivity index (χ1) is 17.9. The molecule has 0 aliphatic heterocycles. The first-order valence-electron chi connectivity index (χ1n) is 12.8. The molecule has 4 aromatic rings. The molecule has 0 bridgehead atoms. The van der Waals surface area contributed by atoms with Crippen molar-refractivity contribution in [3.8, 4) is 0 Å². The zero-order chi connectivity index (χ0) is 26.4. The monoisotopic (exact) mass is 515 g/mol. The number of aromatic nitrogens is 1. The highest BCUT2D eigenvalue weighted by Crippen LogP contribution is 2.21. The minimum Gasteiger partial charge on any atom is -0.345 e. The second kappa shape index (κ2) is 12.1. The highest BCUT2D eigenvalue weighted by atomic mass is 35.5. The minimum absolute atomic E-state index is 0.0382. The molecule has 0 fully saturated rings. The van der Waals surface area contributed by atoms with Crippen LogP contribution in [0.4, 0.5) is 0 Å². The number of carbonyl (C=O) groups is 2. The van der Waals surface area contributed by atoms with E-state index in [1.807, 2.05) is 96.9 Å². The first-order valence-corrected chi connectivity index (χ1v) is 13.2. The summed E-state index contributed by atoms with van der Waals surface area (Å²) in [4.78, 5) is 30.6. The van der Waals surface area contributed by atoms with E-state index < -0.39 is 0 Å². The number of amides is 2. The van der Waals surface area contributed by atoms with Crippen LogP contribution in [0.2, 0.25) is 5.02 Å². The Morgan fingerprint density at radius 2 is 1.62 bits per heavy atom. The zero-order valence-electron chi connectivity index (χ0n) is 21.7. The average molecular weight is 516 g/mol. The average Bonchev–Trinajstić information content (AvgIpc) is 3.33. The SMILES string of the molecule is CCN(CC(=O)N(Cc1cccn1Cc1ccccc1Cl)CC(C)C)C(=O)c1cccc2ccccc12. The van der Waals surface area contributed by atoms with Crippen LogP contribution < -0.4 is 0 Å². The van der Waals surface area contributed by atoms with Crippen molar-refractivity contribution in [3.63, 3.8) is 0 Å². The number of hydrogen-bond donors (Lipinski definition) is 0. The molecule has 37 heavy (non-hydrogen) atoms. The summed E-state index contributed by atoms with van der Waals surface area (Å²) >= 11 is 6.39. The second-order valence-corrected chi connectivity index (χ2v) is 10.1. The maximum atomic E-state index is 13.6. The molecule has 192 valence electrons. The van der Waals surface area contributed by atoms with Crippen LogP contribution in [0.5, 0.6) is 0 Å². The predicted molar refractivity (Wildman–Crippen MR) is 151 cm³/mol. The van der Waals surface area contributed by atoms with E-state index in [1.165, 1.54) is 0 Å².